The first kappa shape index (κ1) is 22.0. The van der Waals surface area contributed by atoms with Gasteiger partial charge in [-0.3, -0.25) is 9.59 Å². The van der Waals surface area contributed by atoms with Crippen LogP contribution in [0, 0.1) is 0 Å². The number of aromatic amines is 1. The highest BCUT2D eigenvalue weighted by atomic mass is 35.5. The summed E-state index contributed by atoms with van der Waals surface area (Å²) < 4.78 is 5.53. The SMILES string of the molecule is CCCCN1C(=O)C(=O)/C(=C(/O)c2cc(OCC)ccc2Cl)C1c1c[nH]c2ccccc12. The third-order valence-corrected chi connectivity index (χ3v) is 6.04. The number of aliphatic hydroxyl groups excluding tert-OH is 1. The van der Waals surface area contributed by atoms with Gasteiger partial charge in [-0.1, -0.05) is 43.1 Å². The molecule has 3 aromatic rings. The van der Waals surface area contributed by atoms with Crippen molar-refractivity contribution < 1.29 is 19.4 Å². The number of para-hydroxylation sites is 1. The van der Waals surface area contributed by atoms with Crippen LogP contribution in [0.4, 0.5) is 0 Å². The molecule has 1 saturated heterocycles. The number of amides is 1. The van der Waals surface area contributed by atoms with Gasteiger partial charge in [0.25, 0.3) is 11.7 Å². The molecule has 0 bridgehead atoms. The number of rotatable bonds is 7. The highest BCUT2D eigenvalue weighted by Crippen LogP contribution is 2.43. The minimum Gasteiger partial charge on any atom is -0.507 e. The second-order valence-electron chi connectivity index (χ2n) is 7.71. The van der Waals surface area contributed by atoms with Crippen LogP contribution in [0.5, 0.6) is 5.75 Å². The maximum absolute atomic E-state index is 13.2. The fraction of sp³-hybridized carbons (Fsp3) is 0.280. The van der Waals surface area contributed by atoms with Crippen LogP contribution in [0.3, 0.4) is 0 Å². The zero-order valence-corrected chi connectivity index (χ0v) is 18.8. The molecule has 7 heteroatoms. The zero-order chi connectivity index (χ0) is 22.8. The van der Waals surface area contributed by atoms with Crippen LogP contribution in [0.1, 0.15) is 43.9 Å². The molecular weight excluding hydrogens is 428 g/mol. The van der Waals surface area contributed by atoms with E-state index in [2.05, 4.69) is 4.98 Å². The lowest BCUT2D eigenvalue weighted by Crippen LogP contribution is -2.30. The van der Waals surface area contributed by atoms with Gasteiger partial charge in [0, 0.05) is 34.8 Å². The first-order valence-electron chi connectivity index (χ1n) is 10.7. The van der Waals surface area contributed by atoms with Crippen molar-refractivity contribution in [1.29, 1.82) is 0 Å². The van der Waals surface area contributed by atoms with Crippen molar-refractivity contribution in [1.82, 2.24) is 9.88 Å². The van der Waals surface area contributed by atoms with Crippen molar-refractivity contribution >= 4 is 40.0 Å². The molecule has 1 aliphatic heterocycles. The number of hydrogen-bond acceptors (Lipinski definition) is 4. The van der Waals surface area contributed by atoms with Crippen LogP contribution in [0.25, 0.3) is 16.7 Å². The molecule has 0 aliphatic carbocycles. The van der Waals surface area contributed by atoms with Gasteiger partial charge in [0.1, 0.15) is 11.5 Å². The Hall–Kier alpha value is -3.25. The quantitative estimate of drug-likeness (QED) is 0.284. The fourth-order valence-corrected chi connectivity index (χ4v) is 4.38. The number of fused-ring (bicyclic) bond motifs is 1. The van der Waals surface area contributed by atoms with Crippen LogP contribution in [0.15, 0.2) is 54.2 Å². The van der Waals surface area contributed by atoms with Crippen LogP contribution in [-0.4, -0.2) is 39.8 Å². The van der Waals surface area contributed by atoms with Gasteiger partial charge in [-0.15, -0.1) is 0 Å². The summed E-state index contributed by atoms with van der Waals surface area (Å²) in [6, 6.07) is 11.9. The van der Waals surface area contributed by atoms with Crippen molar-refractivity contribution in [2.45, 2.75) is 32.7 Å². The molecule has 1 aliphatic rings. The van der Waals surface area contributed by atoms with Gasteiger partial charge in [0.05, 0.1) is 23.2 Å². The third kappa shape index (κ3) is 3.75. The molecule has 1 aromatic heterocycles. The molecule has 1 fully saturated rings. The Kier molecular flexibility index (Phi) is 6.24. The number of ether oxygens (including phenoxy) is 1. The summed E-state index contributed by atoms with van der Waals surface area (Å²) >= 11 is 6.38. The Labute approximate surface area is 191 Å². The molecule has 1 unspecified atom stereocenters. The molecule has 166 valence electrons. The van der Waals surface area contributed by atoms with E-state index in [0.29, 0.717) is 18.9 Å². The van der Waals surface area contributed by atoms with Gasteiger partial charge < -0.3 is 19.7 Å². The number of carbonyl (C=O) groups is 2. The van der Waals surface area contributed by atoms with Crippen molar-refractivity contribution in [3.8, 4) is 5.75 Å². The monoisotopic (exact) mass is 452 g/mol. The van der Waals surface area contributed by atoms with Crippen LogP contribution in [0.2, 0.25) is 5.02 Å². The number of H-pyrrole nitrogens is 1. The van der Waals surface area contributed by atoms with E-state index in [-0.39, 0.29) is 21.9 Å². The van der Waals surface area contributed by atoms with Crippen molar-refractivity contribution in [3.05, 3.63) is 70.4 Å². The number of aromatic nitrogens is 1. The van der Waals surface area contributed by atoms with E-state index >= 15 is 0 Å². The molecule has 4 rings (SSSR count). The lowest BCUT2D eigenvalue weighted by atomic mass is 9.94. The van der Waals surface area contributed by atoms with Gasteiger partial charge >= 0.3 is 0 Å². The summed E-state index contributed by atoms with van der Waals surface area (Å²) in [6.45, 7) is 4.73. The largest absolute Gasteiger partial charge is 0.507 e. The van der Waals surface area contributed by atoms with Gasteiger partial charge in [-0.2, -0.15) is 0 Å². The van der Waals surface area contributed by atoms with Crippen molar-refractivity contribution in [2.24, 2.45) is 0 Å². The molecule has 1 atom stereocenters. The van der Waals surface area contributed by atoms with E-state index in [1.54, 1.807) is 29.3 Å². The molecular formula is C25H25ClN2O4. The first-order chi connectivity index (χ1) is 15.5. The number of aliphatic hydroxyl groups is 1. The Bertz CT molecular complexity index is 1210. The van der Waals surface area contributed by atoms with E-state index < -0.39 is 17.7 Å². The molecule has 2 aromatic carbocycles. The van der Waals surface area contributed by atoms with E-state index in [1.807, 2.05) is 38.1 Å². The topological polar surface area (TPSA) is 82.6 Å². The van der Waals surface area contributed by atoms with Gasteiger partial charge in [-0.05, 0) is 37.6 Å². The van der Waals surface area contributed by atoms with Gasteiger partial charge in [0.15, 0.2) is 0 Å². The summed E-state index contributed by atoms with van der Waals surface area (Å²) in [5, 5.41) is 12.5. The number of nitrogens with zero attached hydrogens (tertiary/aromatic N) is 1. The maximum atomic E-state index is 13.2. The highest BCUT2D eigenvalue weighted by molar-refractivity contribution is 6.47. The number of unbranched alkanes of at least 4 members (excludes halogenated alkanes) is 1. The average Bonchev–Trinajstić information content (AvgIpc) is 3.32. The van der Waals surface area contributed by atoms with Crippen LogP contribution in [-0.2, 0) is 9.59 Å². The average molecular weight is 453 g/mol. The van der Waals surface area contributed by atoms with Gasteiger partial charge in [-0.25, -0.2) is 0 Å². The Morgan fingerprint density at radius 1 is 1.19 bits per heavy atom. The number of carbonyl (C=O) groups excluding carboxylic acids is 2. The smallest absolute Gasteiger partial charge is 0.295 e. The number of nitrogens with one attached hydrogen (secondary N) is 1. The molecule has 32 heavy (non-hydrogen) atoms. The standard InChI is InChI=1S/C25H25ClN2O4/c1-3-5-12-28-22(18-14-27-20-9-7-6-8-16(18)20)21(24(30)25(28)31)23(29)17-13-15(32-4-2)10-11-19(17)26/h6-11,13-14,22,27,29H,3-5,12H2,1-2H3/b23-21+. The second kappa shape index (κ2) is 9.09. The molecule has 0 spiro atoms. The molecule has 2 heterocycles. The van der Waals surface area contributed by atoms with Gasteiger partial charge in [0.2, 0.25) is 0 Å². The number of likely N-dealkylation sites (tertiary alicyclic amines) is 1. The predicted octanol–water partition coefficient (Wildman–Crippen LogP) is 5.44. The molecule has 0 saturated carbocycles. The molecule has 2 N–H and O–H groups in total. The highest BCUT2D eigenvalue weighted by Gasteiger charge is 2.46. The molecule has 6 nitrogen and oxygen atoms in total. The number of Topliss-reactive ketones (excluding diaryl/α,β-unsaturated/α-hetero) is 1. The van der Waals surface area contributed by atoms with E-state index in [4.69, 9.17) is 16.3 Å². The summed E-state index contributed by atoms with van der Waals surface area (Å²) in [6.07, 6.45) is 3.41. The minimum absolute atomic E-state index is 0.0337. The lowest BCUT2D eigenvalue weighted by molar-refractivity contribution is -0.139. The Morgan fingerprint density at radius 3 is 2.72 bits per heavy atom. The fourth-order valence-electron chi connectivity index (χ4n) is 4.17. The Morgan fingerprint density at radius 2 is 1.97 bits per heavy atom. The predicted molar refractivity (Wildman–Crippen MR) is 125 cm³/mol. The number of benzene rings is 2. The summed E-state index contributed by atoms with van der Waals surface area (Å²) in [5.41, 5.74) is 1.94. The zero-order valence-electron chi connectivity index (χ0n) is 18.0. The Balaban J connectivity index is 1.93. The maximum Gasteiger partial charge on any atom is 0.295 e. The number of halogens is 1. The summed E-state index contributed by atoms with van der Waals surface area (Å²) in [7, 11) is 0. The molecule has 1 amide bonds. The van der Waals surface area contributed by atoms with E-state index in [0.717, 1.165) is 29.3 Å². The minimum atomic E-state index is -0.718. The van der Waals surface area contributed by atoms with Crippen molar-refractivity contribution in [3.63, 3.8) is 0 Å². The molecule has 0 radical (unpaired) electrons. The number of hydrogen-bond donors (Lipinski definition) is 2. The lowest BCUT2D eigenvalue weighted by Gasteiger charge is -2.24. The van der Waals surface area contributed by atoms with E-state index in [9.17, 15) is 14.7 Å². The first-order valence-corrected chi connectivity index (χ1v) is 11.1. The van der Waals surface area contributed by atoms with Crippen molar-refractivity contribution in [2.75, 3.05) is 13.2 Å². The van der Waals surface area contributed by atoms with Crippen LogP contribution < -0.4 is 4.74 Å². The summed E-state index contributed by atoms with van der Waals surface area (Å²) in [4.78, 5) is 30.9. The van der Waals surface area contributed by atoms with Crippen LogP contribution >= 0.6 is 11.6 Å². The normalized spacial score (nSPS) is 18.0. The third-order valence-electron chi connectivity index (χ3n) is 5.71. The second-order valence-corrected chi connectivity index (χ2v) is 8.12. The number of ketones is 1. The summed E-state index contributed by atoms with van der Waals surface area (Å²) in [5.74, 6) is -1.12. The van der Waals surface area contributed by atoms with E-state index in [1.165, 1.54) is 0 Å².